The van der Waals surface area contributed by atoms with Crippen LogP contribution in [0.15, 0.2) is 84.4 Å². The zero-order valence-electron chi connectivity index (χ0n) is 13.3. The number of nitrogens with zero attached hydrogens (tertiary/aromatic N) is 3. The van der Waals surface area contributed by atoms with Crippen molar-refractivity contribution >= 4 is 22.5 Å². The fourth-order valence-electron chi connectivity index (χ4n) is 3.04. The van der Waals surface area contributed by atoms with Crippen molar-refractivity contribution in [2.24, 2.45) is 0 Å². The molecule has 0 aliphatic rings. The number of imidazole rings is 1. The number of hydrogen-bond donors (Lipinski definition) is 0. The first-order chi connectivity index (χ1) is 11.9. The predicted octanol–water partition coefficient (Wildman–Crippen LogP) is 4.79. The predicted molar refractivity (Wildman–Crippen MR) is 99.4 cm³/mol. The van der Waals surface area contributed by atoms with E-state index in [1.165, 1.54) is 21.2 Å². The van der Waals surface area contributed by atoms with Gasteiger partial charge < -0.3 is 4.57 Å². The lowest BCUT2D eigenvalue weighted by atomic mass is 9.98. The lowest BCUT2D eigenvalue weighted by molar-refractivity contribution is 0.662. The molecular weight excluding hydrogens is 314 g/mol. The smallest absolute Gasteiger partial charge is 0.102 e. The summed E-state index contributed by atoms with van der Waals surface area (Å²) in [5.74, 6) is 0. The maximum absolute atomic E-state index is 4.73. The van der Waals surface area contributed by atoms with E-state index in [1.807, 2.05) is 24.9 Å². The van der Waals surface area contributed by atoms with Gasteiger partial charge in [-0.2, -0.15) is 0 Å². The molecule has 4 heteroatoms. The molecule has 0 spiro atoms. The highest BCUT2D eigenvalue weighted by atomic mass is 32.2. The van der Waals surface area contributed by atoms with Gasteiger partial charge in [-0.3, -0.25) is 4.98 Å². The molecule has 4 rings (SSSR count). The molecule has 1 unspecified atom stereocenters. The monoisotopic (exact) mass is 331 g/mol. The van der Waals surface area contributed by atoms with E-state index in [1.54, 1.807) is 11.8 Å². The third-order valence-electron chi connectivity index (χ3n) is 4.22. The molecule has 2 aromatic carbocycles. The Balaban J connectivity index is 1.92. The van der Waals surface area contributed by atoms with E-state index in [0.717, 1.165) is 5.69 Å². The number of pyridine rings is 1. The molecule has 0 fully saturated rings. The van der Waals surface area contributed by atoms with E-state index in [9.17, 15) is 0 Å². The summed E-state index contributed by atoms with van der Waals surface area (Å²) in [4.78, 5) is 10.2. The van der Waals surface area contributed by atoms with Crippen molar-refractivity contribution in [3.8, 4) is 0 Å². The van der Waals surface area contributed by atoms with Crippen LogP contribution in [0.5, 0.6) is 0 Å². The Morgan fingerprint density at radius 3 is 2.54 bits per heavy atom. The Morgan fingerprint density at radius 1 is 0.958 bits per heavy atom. The molecule has 2 aromatic heterocycles. The van der Waals surface area contributed by atoms with Crippen molar-refractivity contribution in [2.45, 2.75) is 10.9 Å². The van der Waals surface area contributed by atoms with Gasteiger partial charge in [0.05, 0.1) is 12.0 Å². The molecule has 2 heterocycles. The quantitative estimate of drug-likeness (QED) is 0.504. The maximum atomic E-state index is 4.73. The minimum atomic E-state index is 0.00880. The summed E-state index contributed by atoms with van der Waals surface area (Å²) in [5, 5.41) is 2.38. The molecule has 0 amide bonds. The maximum Gasteiger partial charge on any atom is 0.102 e. The van der Waals surface area contributed by atoms with Gasteiger partial charge in [0.2, 0.25) is 0 Å². The second-order valence-electron chi connectivity index (χ2n) is 5.60. The van der Waals surface area contributed by atoms with Crippen LogP contribution in [0, 0.1) is 0 Å². The van der Waals surface area contributed by atoms with E-state index in [2.05, 4.69) is 70.4 Å². The Kier molecular flexibility index (Phi) is 4.05. The normalized spacial score (nSPS) is 12.4. The molecule has 0 radical (unpaired) electrons. The van der Waals surface area contributed by atoms with Gasteiger partial charge in [-0.25, -0.2) is 4.98 Å². The van der Waals surface area contributed by atoms with E-state index in [4.69, 9.17) is 4.98 Å². The summed E-state index contributed by atoms with van der Waals surface area (Å²) < 4.78 is 2.11. The number of rotatable bonds is 4. The minimum absolute atomic E-state index is 0.00880. The van der Waals surface area contributed by atoms with Crippen LogP contribution < -0.4 is 0 Å². The standard InChI is InChI=1S/C20H17N3S/c1-24-17-8-6-16(7-9-17)20(23-13-12-21-14-23)19-18-5-3-2-4-15(18)10-11-22-19/h2-14,20H,1H3. The van der Waals surface area contributed by atoms with Crippen molar-refractivity contribution in [3.63, 3.8) is 0 Å². The van der Waals surface area contributed by atoms with Gasteiger partial charge in [-0.05, 0) is 35.4 Å². The average molecular weight is 331 g/mol. The first-order valence-corrected chi connectivity index (χ1v) is 9.04. The first kappa shape index (κ1) is 15.0. The van der Waals surface area contributed by atoms with Crippen molar-refractivity contribution in [1.82, 2.24) is 14.5 Å². The highest BCUT2D eigenvalue weighted by Crippen LogP contribution is 2.31. The Bertz CT molecular complexity index is 941. The van der Waals surface area contributed by atoms with Crippen LogP contribution in [0.25, 0.3) is 10.8 Å². The molecule has 0 aliphatic carbocycles. The van der Waals surface area contributed by atoms with Gasteiger partial charge in [-0.15, -0.1) is 11.8 Å². The molecule has 24 heavy (non-hydrogen) atoms. The van der Waals surface area contributed by atoms with Crippen LogP contribution in [0.4, 0.5) is 0 Å². The fraction of sp³-hybridized carbons (Fsp3) is 0.100. The molecule has 0 aliphatic heterocycles. The van der Waals surface area contributed by atoms with Crippen molar-refractivity contribution in [2.75, 3.05) is 6.26 Å². The fourth-order valence-corrected chi connectivity index (χ4v) is 3.45. The highest BCUT2D eigenvalue weighted by molar-refractivity contribution is 7.98. The SMILES string of the molecule is CSc1ccc(C(c2nccc3ccccc23)n2ccnc2)cc1. The topological polar surface area (TPSA) is 30.7 Å². The Labute approximate surface area is 145 Å². The summed E-state index contributed by atoms with van der Waals surface area (Å²) in [6, 6.07) is 19.1. The molecule has 4 aromatic rings. The van der Waals surface area contributed by atoms with Gasteiger partial charge in [0.15, 0.2) is 0 Å². The molecule has 0 N–H and O–H groups in total. The first-order valence-electron chi connectivity index (χ1n) is 7.82. The number of thioether (sulfide) groups is 1. The molecule has 3 nitrogen and oxygen atoms in total. The number of benzene rings is 2. The third-order valence-corrected chi connectivity index (χ3v) is 4.96. The van der Waals surface area contributed by atoms with Crippen LogP contribution in [-0.4, -0.2) is 20.8 Å². The zero-order chi connectivity index (χ0) is 16.4. The van der Waals surface area contributed by atoms with Crippen molar-refractivity contribution in [1.29, 1.82) is 0 Å². The molecule has 0 saturated heterocycles. The lowest BCUT2D eigenvalue weighted by Crippen LogP contribution is -2.12. The van der Waals surface area contributed by atoms with Gasteiger partial charge in [0, 0.05) is 28.9 Å². The van der Waals surface area contributed by atoms with Gasteiger partial charge >= 0.3 is 0 Å². The van der Waals surface area contributed by atoms with Gasteiger partial charge in [-0.1, -0.05) is 36.4 Å². The van der Waals surface area contributed by atoms with Crippen LogP contribution in [0.2, 0.25) is 0 Å². The van der Waals surface area contributed by atoms with Crippen molar-refractivity contribution < 1.29 is 0 Å². The third kappa shape index (κ3) is 2.69. The number of hydrogen-bond acceptors (Lipinski definition) is 3. The molecular formula is C20H17N3S. The van der Waals surface area contributed by atoms with Gasteiger partial charge in [0.25, 0.3) is 0 Å². The van der Waals surface area contributed by atoms with E-state index in [0.29, 0.717) is 0 Å². The summed E-state index contributed by atoms with van der Waals surface area (Å²) in [6.07, 6.45) is 9.65. The van der Waals surface area contributed by atoms with Crippen LogP contribution >= 0.6 is 11.8 Å². The minimum Gasteiger partial charge on any atom is -0.324 e. The molecule has 118 valence electrons. The number of aromatic nitrogens is 3. The molecule has 0 saturated carbocycles. The second kappa shape index (κ2) is 6.49. The van der Waals surface area contributed by atoms with E-state index >= 15 is 0 Å². The van der Waals surface area contributed by atoms with E-state index < -0.39 is 0 Å². The van der Waals surface area contributed by atoms with Crippen LogP contribution in [-0.2, 0) is 0 Å². The summed E-state index contributed by atoms with van der Waals surface area (Å²) in [6.45, 7) is 0. The van der Waals surface area contributed by atoms with Crippen LogP contribution in [0.3, 0.4) is 0 Å². The summed E-state index contributed by atoms with van der Waals surface area (Å²) in [7, 11) is 0. The van der Waals surface area contributed by atoms with Gasteiger partial charge in [0.1, 0.15) is 6.04 Å². The number of fused-ring (bicyclic) bond motifs is 1. The second-order valence-corrected chi connectivity index (χ2v) is 6.48. The average Bonchev–Trinajstić information content (AvgIpc) is 3.17. The van der Waals surface area contributed by atoms with E-state index in [-0.39, 0.29) is 6.04 Å². The lowest BCUT2D eigenvalue weighted by Gasteiger charge is -2.20. The Morgan fingerprint density at radius 2 is 1.79 bits per heavy atom. The molecule has 1 atom stereocenters. The highest BCUT2D eigenvalue weighted by Gasteiger charge is 2.19. The van der Waals surface area contributed by atoms with Crippen LogP contribution in [0.1, 0.15) is 17.3 Å². The summed E-state index contributed by atoms with van der Waals surface area (Å²) in [5.41, 5.74) is 2.25. The van der Waals surface area contributed by atoms with Crippen molar-refractivity contribution in [3.05, 3.63) is 90.8 Å². The molecule has 0 bridgehead atoms. The zero-order valence-corrected chi connectivity index (χ0v) is 14.1. The largest absolute Gasteiger partial charge is 0.324 e. The Hall–Kier alpha value is -2.59. The summed E-state index contributed by atoms with van der Waals surface area (Å²) >= 11 is 1.75.